The van der Waals surface area contributed by atoms with Gasteiger partial charge in [-0.05, 0) is 71.5 Å². The molecule has 0 radical (unpaired) electrons. The summed E-state index contributed by atoms with van der Waals surface area (Å²) in [5, 5.41) is 20.1. The fourth-order valence-electron chi connectivity index (χ4n) is 6.05. The Morgan fingerprint density at radius 1 is 0.720 bits per heavy atom. The molecule has 0 atom stereocenters. The van der Waals surface area contributed by atoms with Gasteiger partial charge in [0.25, 0.3) is 5.91 Å². The zero-order valence-corrected chi connectivity index (χ0v) is 26.6. The Hall–Kier alpha value is -6.48. The first-order valence-corrected chi connectivity index (χ1v) is 16.1. The standard InChI is InChI=1S/C20H20N6O2.C15H11N5O2/c27-20(25-14-3-5-28-6-4-14)17-8-16-18(22-11-23-19(16)26-17)24-15-2-1-12-9-21-10-13(12)7-15;21-15(22)12-4-11-13(17-7-18-14(11)20-12)19-10-2-1-8-5-16-6-9(8)3-10/h1-2,7-8,10-11,14H,3-6,9H2,(H,25,27)(H2,22,23,24,26);1-4,6-7H,5H2,(H,21,22)(H2,17,18,19,20). The lowest BCUT2D eigenvalue weighted by Gasteiger charge is -2.22. The minimum atomic E-state index is -1.03. The highest BCUT2D eigenvalue weighted by molar-refractivity contribution is 6.01. The fourth-order valence-corrected chi connectivity index (χ4v) is 6.05. The summed E-state index contributed by atoms with van der Waals surface area (Å²) < 4.78 is 5.34. The monoisotopic (exact) mass is 669 g/mol. The van der Waals surface area contributed by atoms with Crippen molar-refractivity contribution < 1.29 is 19.4 Å². The summed E-state index contributed by atoms with van der Waals surface area (Å²) in [6.07, 6.45) is 8.26. The second-order valence-electron chi connectivity index (χ2n) is 12.0. The molecule has 1 amide bonds. The van der Waals surface area contributed by atoms with Crippen molar-refractivity contribution in [3.8, 4) is 0 Å². The quantitative estimate of drug-likeness (QED) is 0.136. The number of aromatic carboxylic acids is 1. The number of nitrogens with one attached hydrogen (secondary N) is 5. The van der Waals surface area contributed by atoms with Gasteiger partial charge in [0, 0.05) is 43.1 Å². The summed E-state index contributed by atoms with van der Waals surface area (Å²) >= 11 is 0. The van der Waals surface area contributed by atoms with E-state index >= 15 is 0 Å². The molecule has 0 unspecified atom stereocenters. The van der Waals surface area contributed by atoms with Crippen LogP contribution in [-0.2, 0) is 17.8 Å². The number of benzene rings is 2. The molecule has 0 aliphatic carbocycles. The third kappa shape index (κ3) is 6.36. The number of anilines is 4. The zero-order valence-electron chi connectivity index (χ0n) is 26.6. The molecule has 6 N–H and O–H groups in total. The van der Waals surface area contributed by atoms with Gasteiger partial charge in [-0.2, -0.15) is 0 Å². The molecule has 250 valence electrons. The third-order valence-corrected chi connectivity index (χ3v) is 8.68. The highest BCUT2D eigenvalue weighted by Crippen LogP contribution is 2.28. The Bertz CT molecular complexity index is 2320. The smallest absolute Gasteiger partial charge is 0.352 e. The van der Waals surface area contributed by atoms with E-state index in [9.17, 15) is 9.59 Å². The first-order chi connectivity index (χ1) is 24.5. The lowest BCUT2D eigenvalue weighted by Crippen LogP contribution is -2.39. The van der Waals surface area contributed by atoms with Crippen molar-refractivity contribution in [2.45, 2.75) is 32.0 Å². The summed E-state index contributed by atoms with van der Waals surface area (Å²) in [5.41, 5.74) is 8.05. The maximum atomic E-state index is 12.6. The molecule has 15 nitrogen and oxygen atoms in total. The van der Waals surface area contributed by atoms with E-state index in [4.69, 9.17) is 9.84 Å². The van der Waals surface area contributed by atoms with Crippen LogP contribution >= 0.6 is 0 Å². The zero-order chi connectivity index (χ0) is 34.0. The van der Waals surface area contributed by atoms with Crippen LogP contribution in [0.2, 0.25) is 0 Å². The van der Waals surface area contributed by atoms with Crippen LogP contribution in [0.25, 0.3) is 22.1 Å². The summed E-state index contributed by atoms with van der Waals surface area (Å²) in [7, 11) is 0. The Morgan fingerprint density at radius 3 is 1.82 bits per heavy atom. The van der Waals surface area contributed by atoms with Gasteiger partial charge in [0.2, 0.25) is 0 Å². The molecule has 6 aromatic rings. The third-order valence-electron chi connectivity index (χ3n) is 8.68. The summed E-state index contributed by atoms with van der Waals surface area (Å²) in [6.45, 7) is 2.81. The van der Waals surface area contributed by atoms with Crippen LogP contribution in [0.4, 0.5) is 23.0 Å². The first kappa shape index (κ1) is 30.8. The molecule has 15 heteroatoms. The number of carboxylic acids is 1. The van der Waals surface area contributed by atoms with Crippen LogP contribution in [-0.4, -0.2) is 78.6 Å². The van der Waals surface area contributed by atoms with Crippen molar-refractivity contribution >= 4 is 69.4 Å². The molecule has 0 spiro atoms. The highest BCUT2D eigenvalue weighted by atomic mass is 16.5. The van der Waals surface area contributed by atoms with Gasteiger partial charge in [0.1, 0.15) is 47.0 Å². The molecule has 3 aliphatic rings. The molecule has 50 heavy (non-hydrogen) atoms. The minimum absolute atomic E-state index is 0.0830. The van der Waals surface area contributed by atoms with Crippen LogP contribution < -0.4 is 16.0 Å². The van der Waals surface area contributed by atoms with Gasteiger partial charge in [-0.1, -0.05) is 12.1 Å². The van der Waals surface area contributed by atoms with Gasteiger partial charge in [-0.3, -0.25) is 14.8 Å². The van der Waals surface area contributed by atoms with Crippen LogP contribution in [0.3, 0.4) is 0 Å². The van der Waals surface area contributed by atoms with Crippen molar-refractivity contribution in [3.63, 3.8) is 0 Å². The van der Waals surface area contributed by atoms with Gasteiger partial charge in [-0.15, -0.1) is 0 Å². The van der Waals surface area contributed by atoms with Crippen molar-refractivity contribution in [2.24, 2.45) is 9.98 Å². The van der Waals surface area contributed by atoms with Gasteiger partial charge in [-0.25, -0.2) is 24.7 Å². The number of hydrogen-bond donors (Lipinski definition) is 6. The number of fused-ring (bicyclic) bond motifs is 4. The number of aromatic amines is 2. The maximum Gasteiger partial charge on any atom is 0.352 e. The van der Waals surface area contributed by atoms with Crippen molar-refractivity contribution in [3.05, 3.63) is 94.8 Å². The SMILES string of the molecule is O=C(NC1CCOCC1)c1cc2c(Nc3ccc4c(c3)C=NC4)ncnc2[nH]1.O=C(O)c1cc2c(Nc3ccc4c(c3)C=NC4)ncnc2[nH]1. The topological polar surface area (TPSA) is 208 Å². The molecule has 0 saturated carbocycles. The molecule has 3 aliphatic heterocycles. The van der Waals surface area contributed by atoms with Crippen molar-refractivity contribution in [2.75, 3.05) is 23.8 Å². The Morgan fingerprint density at radius 2 is 1.26 bits per heavy atom. The fraction of sp³-hybridized carbons (Fsp3) is 0.200. The molecule has 4 aromatic heterocycles. The Balaban J connectivity index is 0.000000149. The molecule has 1 saturated heterocycles. The number of rotatable bonds is 7. The van der Waals surface area contributed by atoms with Crippen LogP contribution in [0.5, 0.6) is 0 Å². The molecule has 2 aromatic carbocycles. The lowest BCUT2D eigenvalue weighted by atomic mass is 10.1. The average molecular weight is 670 g/mol. The van der Waals surface area contributed by atoms with Crippen molar-refractivity contribution in [1.82, 2.24) is 35.2 Å². The summed E-state index contributed by atoms with van der Waals surface area (Å²) in [5.74, 6) is 0.0483. The second kappa shape index (κ2) is 13.2. The van der Waals surface area contributed by atoms with E-state index in [2.05, 4.69) is 61.9 Å². The number of nitrogens with zero attached hydrogens (tertiary/aromatic N) is 6. The van der Waals surface area contributed by atoms with E-state index in [1.54, 1.807) is 6.07 Å². The number of carbonyl (C=O) groups excluding carboxylic acids is 1. The van der Waals surface area contributed by atoms with E-state index in [1.165, 1.54) is 29.8 Å². The van der Waals surface area contributed by atoms with E-state index < -0.39 is 5.97 Å². The Labute approximate surface area is 284 Å². The molecular formula is C35H31N11O4. The largest absolute Gasteiger partial charge is 0.477 e. The van der Waals surface area contributed by atoms with E-state index in [-0.39, 0.29) is 17.6 Å². The van der Waals surface area contributed by atoms with Gasteiger partial charge < -0.3 is 35.8 Å². The average Bonchev–Trinajstić information content (AvgIpc) is 3.95. The van der Waals surface area contributed by atoms with Crippen molar-refractivity contribution in [1.29, 1.82) is 0 Å². The number of carboxylic acid groups (broad SMARTS) is 1. The number of amides is 1. The first-order valence-electron chi connectivity index (χ1n) is 16.1. The number of aromatic nitrogens is 6. The minimum Gasteiger partial charge on any atom is -0.477 e. The highest BCUT2D eigenvalue weighted by Gasteiger charge is 2.20. The van der Waals surface area contributed by atoms with Gasteiger partial charge in [0.05, 0.1) is 23.9 Å². The van der Waals surface area contributed by atoms with Crippen LogP contribution in [0, 0.1) is 0 Å². The number of aliphatic imine (C=N–C) groups is 2. The normalized spacial score (nSPS) is 14.6. The molecule has 9 rings (SSSR count). The Kier molecular flexibility index (Phi) is 8.14. The molecule has 1 fully saturated rings. The lowest BCUT2D eigenvalue weighted by molar-refractivity contribution is 0.0684. The predicted octanol–water partition coefficient (Wildman–Crippen LogP) is 4.88. The number of ether oxygens (including phenoxy) is 1. The molecule has 7 heterocycles. The molecule has 0 bridgehead atoms. The number of carbonyl (C=O) groups is 2. The predicted molar refractivity (Wildman–Crippen MR) is 188 cm³/mol. The van der Waals surface area contributed by atoms with Gasteiger partial charge >= 0.3 is 5.97 Å². The number of hydrogen-bond acceptors (Lipinski definition) is 11. The molecular weight excluding hydrogens is 638 g/mol. The summed E-state index contributed by atoms with van der Waals surface area (Å²) in [4.78, 5) is 54.9. The van der Waals surface area contributed by atoms with Gasteiger partial charge in [0.15, 0.2) is 0 Å². The van der Waals surface area contributed by atoms with E-state index in [0.717, 1.165) is 47.3 Å². The maximum absolute atomic E-state index is 12.6. The van der Waals surface area contributed by atoms with Crippen LogP contribution in [0.1, 0.15) is 56.1 Å². The van der Waals surface area contributed by atoms with E-state index in [0.29, 0.717) is 53.8 Å². The summed E-state index contributed by atoms with van der Waals surface area (Å²) in [6, 6.07) is 15.5. The number of H-pyrrole nitrogens is 2. The van der Waals surface area contributed by atoms with E-state index in [1.807, 2.05) is 42.8 Å². The second-order valence-corrected chi connectivity index (χ2v) is 12.0. The van der Waals surface area contributed by atoms with Crippen LogP contribution in [0.15, 0.2) is 71.2 Å².